The van der Waals surface area contributed by atoms with Crippen LogP contribution in [0.3, 0.4) is 0 Å². The van der Waals surface area contributed by atoms with Crippen molar-refractivity contribution in [2.75, 3.05) is 0 Å². The molecule has 0 aliphatic heterocycles. The van der Waals surface area contributed by atoms with E-state index in [-0.39, 0.29) is 5.78 Å². The van der Waals surface area contributed by atoms with Gasteiger partial charge in [0.05, 0.1) is 0 Å². The van der Waals surface area contributed by atoms with Gasteiger partial charge in [-0.2, -0.15) is 0 Å². The zero-order valence-corrected chi connectivity index (χ0v) is 14.2. The average molecular weight is 382 g/mol. The maximum Gasteiger partial charge on any atom is 0.193 e. The summed E-state index contributed by atoms with van der Waals surface area (Å²) in [5.41, 5.74) is 4.65. The van der Waals surface area contributed by atoms with E-state index in [1.54, 1.807) is 0 Å². The predicted octanol–water partition coefficient (Wildman–Crippen LogP) is 5.37. The van der Waals surface area contributed by atoms with Gasteiger partial charge in [0.15, 0.2) is 5.78 Å². The molecule has 0 amide bonds. The molecule has 98 valence electrons. The number of benzene rings is 2. The molecule has 1 nitrogen and oxygen atoms in total. The lowest BCUT2D eigenvalue weighted by atomic mass is 9.97. The van der Waals surface area contributed by atoms with Crippen LogP contribution in [0.2, 0.25) is 0 Å². The van der Waals surface area contributed by atoms with Crippen LogP contribution in [0.5, 0.6) is 0 Å². The molecule has 0 aromatic heterocycles. The monoisotopic (exact) mass is 380 g/mol. The summed E-state index contributed by atoms with van der Waals surface area (Å²) in [4.78, 5) is 12.6. The lowest BCUT2D eigenvalue weighted by Crippen LogP contribution is -2.05. The highest BCUT2D eigenvalue weighted by Crippen LogP contribution is 2.25. The van der Waals surface area contributed by atoms with Crippen LogP contribution in [0.15, 0.2) is 39.3 Å². The fraction of sp³-hybridized carbons (Fsp3) is 0.188. The van der Waals surface area contributed by atoms with E-state index in [4.69, 9.17) is 0 Å². The lowest BCUT2D eigenvalue weighted by Gasteiger charge is -2.09. The van der Waals surface area contributed by atoms with Gasteiger partial charge >= 0.3 is 0 Å². The summed E-state index contributed by atoms with van der Waals surface area (Å²) in [6.07, 6.45) is 0. The minimum absolute atomic E-state index is 0.0637. The first-order valence-corrected chi connectivity index (χ1v) is 7.56. The Hall–Kier alpha value is -0.930. The third-order valence-corrected chi connectivity index (χ3v) is 4.89. The topological polar surface area (TPSA) is 17.1 Å². The zero-order valence-electron chi connectivity index (χ0n) is 11.1. The lowest BCUT2D eigenvalue weighted by molar-refractivity contribution is 0.103. The molecule has 2 aromatic rings. The minimum Gasteiger partial charge on any atom is -0.289 e. The van der Waals surface area contributed by atoms with Crippen molar-refractivity contribution in [1.82, 2.24) is 0 Å². The second-order valence-electron chi connectivity index (χ2n) is 4.71. The van der Waals surface area contributed by atoms with E-state index in [9.17, 15) is 4.79 Å². The van der Waals surface area contributed by atoms with Gasteiger partial charge in [0, 0.05) is 20.1 Å². The van der Waals surface area contributed by atoms with Gasteiger partial charge in [0.25, 0.3) is 0 Å². The van der Waals surface area contributed by atoms with E-state index in [1.807, 2.05) is 51.1 Å². The standard InChI is InChI=1S/C16H14Br2O/c1-9-4-5-12(8-15(9)18)16(19)13-6-11(3)14(17)7-10(13)2/h4-8H,1-3H3. The Morgan fingerprint density at radius 2 is 1.47 bits per heavy atom. The molecule has 0 aliphatic carbocycles. The van der Waals surface area contributed by atoms with Crippen LogP contribution >= 0.6 is 31.9 Å². The average Bonchev–Trinajstić information content (AvgIpc) is 2.36. The summed E-state index contributed by atoms with van der Waals surface area (Å²) in [5, 5.41) is 0. The maximum absolute atomic E-state index is 12.6. The first-order chi connectivity index (χ1) is 8.90. The molecule has 0 saturated carbocycles. The Morgan fingerprint density at radius 1 is 0.842 bits per heavy atom. The molecule has 0 heterocycles. The largest absolute Gasteiger partial charge is 0.289 e. The predicted molar refractivity (Wildman–Crippen MR) is 85.9 cm³/mol. The normalized spacial score (nSPS) is 10.6. The zero-order chi connectivity index (χ0) is 14.2. The second kappa shape index (κ2) is 5.59. The van der Waals surface area contributed by atoms with Crippen LogP contribution < -0.4 is 0 Å². The van der Waals surface area contributed by atoms with Crippen LogP contribution in [0, 0.1) is 20.8 Å². The first kappa shape index (κ1) is 14.5. The molecule has 19 heavy (non-hydrogen) atoms. The van der Waals surface area contributed by atoms with Crippen LogP contribution in [-0.4, -0.2) is 5.78 Å². The van der Waals surface area contributed by atoms with E-state index in [1.165, 1.54) is 0 Å². The van der Waals surface area contributed by atoms with Gasteiger partial charge in [-0.05, 0) is 55.7 Å². The van der Waals surface area contributed by atoms with Crippen molar-refractivity contribution in [3.8, 4) is 0 Å². The number of hydrogen-bond donors (Lipinski definition) is 0. The van der Waals surface area contributed by atoms with Gasteiger partial charge in [0.2, 0.25) is 0 Å². The fourth-order valence-corrected chi connectivity index (χ4v) is 2.75. The van der Waals surface area contributed by atoms with Crippen LogP contribution in [0.1, 0.15) is 32.6 Å². The summed E-state index contributed by atoms with van der Waals surface area (Å²) in [6, 6.07) is 9.65. The van der Waals surface area contributed by atoms with Crippen molar-refractivity contribution in [3.05, 3.63) is 67.1 Å². The molecule has 2 rings (SSSR count). The number of aryl methyl sites for hydroxylation is 3. The van der Waals surface area contributed by atoms with Crippen LogP contribution in [0.4, 0.5) is 0 Å². The molecule has 0 spiro atoms. The molecule has 0 aliphatic rings. The Morgan fingerprint density at radius 3 is 2.11 bits per heavy atom. The summed E-state index contributed by atoms with van der Waals surface area (Å²) in [7, 11) is 0. The number of rotatable bonds is 2. The van der Waals surface area contributed by atoms with Gasteiger partial charge in [-0.1, -0.05) is 44.0 Å². The smallest absolute Gasteiger partial charge is 0.193 e. The second-order valence-corrected chi connectivity index (χ2v) is 6.42. The SMILES string of the molecule is Cc1ccc(C(=O)c2cc(C)c(Br)cc2C)cc1Br. The molecule has 0 N–H and O–H groups in total. The van der Waals surface area contributed by atoms with Crippen LogP contribution in [-0.2, 0) is 0 Å². The summed E-state index contributed by atoms with van der Waals surface area (Å²) in [5.74, 6) is 0.0637. The van der Waals surface area contributed by atoms with Crippen molar-refractivity contribution in [2.24, 2.45) is 0 Å². The number of ketones is 1. The molecular weight excluding hydrogens is 368 g/mol. The van der Waals surface area contributed by atoms with E-state index < -0.39 is 0 Å². The summed E-state index contributed by atoms with van der Waals surface area (Å²) < 4.78 is 2.00. The van der Waals surface area contributed by atoms with Gasteiger partial charge in [-0.3, -0.25) is 4.79 Å². The molecule has 2 aromatic carbocycles. The quantitative estimate of drug-likeness (QED) is 0.639. The van der Waals surface area contributed by atoms with Crippen molar-refractivity contribution < 1.29 is 4.79 Å². The minimum atomic E-state index is 0.0637. The Kier molecular flexibility index (Phi) is 4.26. The molecular formula is C16H14Br2O. The van der Waals surface area contributed by atoms with Gasteiger partial charge in [-0.25, -0.2) is 0 Å². The summed E-state index contributed by atoms with van der Waals surface area (Å²) in [6.45, 7) is 5.96. The highest BCUT2D eigenvalue weighted by molar-refractivity contribution is 9.10. The molecule has 0 bridgehead atoms. The van der Waals surface area contributed by atoms with E-state index in [0.29, 0.717) is 5.56 Å². The van der Waals surface area contributed by atoms with Crippen molar-refractivity contribution in [1.29, 1.82) is 0 Å². The van der Waals surface area contributed by atoms with Gasteiger partial charge < -0.3 is 0 Å². The van der Waals surface area contributed by atoms with Crippen molar-refractivity contribution in [2.45, 2.75) is 20.8 Å². The maximum atomic E-state index is 12.6. The number of carbonyl (C=O) groups is 1. The van der Waals surface area contributed by atoms with Crippen LogP contribution in [0.25, 0.3) is 0 Å². The Bertz CT molecular complexity index is 660. The van der Waals surface area contributed by atoms with Gasteiger partial charge in [0.1, 0.15) is 0 Å². The fourth-order valence-electron chi connectivity index (χ4n) is 1.92. The highest BCUT2D eigenvalue weighted by atomic mass is 79.9. The number of hydrogen-bond acceptors (Lipinski definition) is 1. The third kappa shape index (κ3) is 2.98. The van der Waals surface area contributed by atoms with E-state index in [0.717, 1.165) is 31.2 Å². The molecule has 0 atom stereocenters. The third-order valence-electron chi connectivity index (χ3n) is 3.18. The molecule has 3 heteroatoms. The molecule has 0 radical (unpaired) electrons. The Balaban J connectivity index is 2.49. The first-order valence-electron chi connectivity index (χ1n) is 5.97. The molecule has 0 saturated heterocycles. The van der Waals surface area contributed by atoms with Crippen molar-refractivity contribution in [3.63, 3.8) is 0 Å². The summed E-state index contributed by atoms with van der Waals surface area (Å²) >= 11 is 6.96. The molecule has 0 fully saturated rings. The number of halogens is 2. The Labute approximate surface area is 130 Å². The van der Waals surface area contributed by atoms with E-state index in [2.05, 4.69) is 31.9 Å². The molecule has 0 unspecified atom stereocenters. The van der Waals surface area contributed by atoms with Gasteiger partial charge in [-0.15, -0.1) is 0 Å². The number of carbonyl (C=O) groups excluding carboxylic acids is 1. The van der Waals surface area contributed by atoms with Crippen molar-refractivity contribution >= 4 is 37.6 Å². The van der Waals surface area contributed by atoms with E-state index >= 15 is 0 Å². The highest BCUT2D eigenvalue weighted by Gasteiger charge is 2.14.